The molecule has 1 atom stereocenters. The summed E-state index contributed by atoms with van der Waals surface area (Å²) < 4.78 is 10.6. The van der Waals surface area contributed by atoms with Crippen molar-refractivity contribution in [3.05, 3.63) is 34.9 Å². The molecule has 1 fully saturated rings. The molecule has 0 aliphatic carbocycles. The van der Waals surface area contributed by atoms with E-state index in [1.807, 2.05) is 13.8 Å². The Kier molecular flexibility index (Phi) is 6.08. The van der Waals surface area contributed by atoms with Gasteiger partial charge in [0.2, 0.25) is 0 Å². The van der Waals surface area contributed by atoms with Crippen LogP contribution in [0.15, 0.2) is 18.2 Å². The van der Waals surface area contributed by atoms with E-state index in [0.29, 0.717) is 19.7 Å². The summed E-state index contributed by atoms with van der Waals surface area (Å²) in [7, 11) is 0. The van der Waals surface area contributed by atoms with E-state index in [1.54, 1.807) is 4.90 Å². The summed E-state index contributed by atoms with van der Waals surface area (Å²) in [5.74, 6) is -1.81. The summed E-state index contributed by atoms with van der Waals surface area (Å²) in [6, 6.07) is 4.24. The molecule has 0 saturated carbocycles. The van der Waals surface area contributed by atoms with E-state index in [4.69, 9.17) is 9.47 Å². The molecule has 8 heteroatoms. The number of likely N-dealkylation sites (N-methyl/N-ethyl adjacent to an activating group) is 1. The molecule has 1 aromatic carbocycles. The van der Waals surface area contributed by atoms with Crippen LogP contribution in [-0.4, -0.2) is 72.4 Å². The normalized spacial score (nSPS) is 18.4. The van der Waals surface area contributed by atoms with Crippen molar-refractivity contribution in [2.75, 3.05) is 32.8 Å². The Hall–Kier alpha value is -2.74. The first-order valence-corrected chi connectivity index (χ1v) is 9.53. The van der Waals surface area contributed by atoms with Crippen molar-refractivity contribution >= 4 is 23.7 Å². The van der Waals surface area contributed by atoms with Crippen LogP contribution < -0.4 is 0 Å². The standard InChI is InChI=1S/C20H24N2O6/c1-3-21(4-2)17(23)12-28-20(26)13-7-8-15-16(10-13)19(25)22(18(15)24)11-14-6-5-9-27-14/h7-8,10,14H,3-6,9,11-12H2,1-2H3. The van der Waals surface area contributed by atoms with E-state index >= 15 is 0 Å². The first-order chi connectivity index (χ1) is 13.5. The molecule has 2 aliphatic heterocycles. The predicted molar refractivity (Wildman–Crippen MR) is 99.0 cm³/mol. The highest BCUT2D eigenvalue weighted by atomic mass is 16.5. The van der Waals surface area contributed by atoms with E-state index in [1.165, 1.54) is 23.1 Å². The topological polar surface area (TPSA) is 93.2 Å². The van der Waals surface area contributed by atoms with Crippen LogP contribution in [0, 0.1) is 0 Å². The molecule has 2 aliphatic rings. The number of carbonyl (C=O) groups excluding carboxylic acids is 4. The molecule has 1 saturated heterocycles. The molecule has 28 heavy (non-hydrogen) atoms. The second-order valence-corrected chi connectivity index (χ2v) is 6.76. The molecule has 3 rings (SSSR count). The monoisotopic (exact) mass is 388 g/mol. The minimum Gasteiger partial charge on any atom is -0.452 e. The van der Waals surface area contributed by atoms with E-state index in [9.17, 15) is 19.2 Å². The van der Waals surface area contributed by atoms with Crippen molar-refractivity contribution in [1.82, 2.24) is 9.80 Å². The van der Waals surface area contributed by atoms with Crippen molar-refractivity contribution in [3.8, 4) is 0 Å². The number of imide groups is 1. The summed E-state index contributed by atoms with van der Waals surface area (Å²) in [5, 5.41) is 0. The molecule has 0 N–H and O–H groups in total. The summed E-state index contributed by atoms with van der Waals surface area (Å²) >= 11 is 0. The van der Waals surface area contributed by atoms with Crippen LogP contribution >= 0.6 is 0 Å². The lowest BCUT2D eigenvalue weighted by atomic mass is 10.1. The number of amides is 3. The minimum absolute atomic E-state index is 0.131. The molecule has 2 heterocycles. The van der Waals surface area contributed by atoms with Crippen molar-refractivity contribution in [1.29, 1.82) is 0 Å². The maximum atomic E-state index is 12.6. The Bertz CT molecular complexity index is 796. The van der Waals surface area contributed by atoms with Gasteiger partial charge in [-0.2, -0.15) is 0 Å². The third-order valence-electron chi connectivity index (χ3n) is 5.06. The first kappa shape index (κ1) is 20.0. The second-order valence-electron chi connectivity index (χ2n) is 6.76. The summed E-state index contributed by atoms with van der Waals surface area (Å²) in [4.78, 5) is 52.1. The smallest absolute Gasteiger partial charge is 0.338 e. The van der Waals surface area contributed by atoms with Gasteiger partial charge in [-0.3, -0.25) is 19.3 Å². The zero-order valence-corrected chi connectivity index (χ0v) is 16.1. The molecule has 1 unspecified atom stereocenters. The lowest BCUT2D eigenvalue weighted by Crippen LogP contribution is -2.36. The number of fused-ring (bicyclic) bond motifs is 1. The molecule has 8 nitrogen and oxygen atoms in total. The number of esters is 1. The highest BCUT2D eigenvalue weighted by Crippen LogP contribution is 2.26. The van der Waals surface area contributed by atoms with Gasteiger partial charge in [-0.15, -0.1) is 0 Å². The van der Waals surface area contributed by atoms with Crippen molar-refractivity contribution in [2.24, 2.45) is 0 Å². The lowest BCUT2D eigenvalue weighted by Gasteiger charge is -2.18. The number of ether oxygens (including phenoxy) is 2. The van der Waals surface area contributed by atoms with E-state index in [0.717, 1.165) is 12.8 Å². The summed E-state index contributed by atoms with van der Waals surface area (Å²) in [6.45, 7) is 5.23. The molecule has 0 bridgehead atoms. The van der Waals surface area contributed by atoms with Crippen molar-refractivity contribution in [2.45, 2.75) is 32.8 Å². The Morgan fingerprint density at radius 3 is 2.54 bits per heavy atom. The van der Waals surface area contributed by atoms with Gasteiger partial charge in [0.25, 0.3) is 17.7 Å². The molecule has 0 aromatic heterocycles. The molecular weight excluding hydrogens is 364 g/mol. The third kappa shape index (κ3) is 3.91. The molecule has 3 amide bonds. The fourth-order valence-corrected chi connectivity index (χ4v) is 3.45. The van der Waals surface area contributed by atoms with Crippen LogP contribution in [-0.2, 0) is 14.3 Å². The third-order valence-corrected chi connectivity index (χ3v) is 5.06. The maximum absolute atomic E-state index is 12.6. The highest BCUT2D eigenvalue weighted by Gasteiger charge is 2.38. The Labute approximate surface area is 163 Å². The van der Waals surface area contributed by atoms with Gasteiger partial charge in [-0.1, -0.05) is 0 Å². The largest absolute Gasteiger partial charge is 0.452 e. The zero-order valence-electron chi connectivity index (χ0n) is 16.1. The highest BCUT2D eigenvalue weighted by molar-refractivity contribution is 6.22. The fourth-order valence-electron chi connectivity index (χ4n) is 3.45. The van der Waals surface area contributed by atoms with E-state index in [-0.39, 0.29) is 47.8 Å². The molecule has 1 aromatic rings. The number of hydrogen-bond donors (Lipinski definition) is 0. The Morgan fingerprint density at radius 2 is 1.89 bits per heavy atom. The van der Waals surface area contributed by atoms with Crippen LogP contribution in [0.25, 0.3) is 0 Å². The van der Waals surface area contributed by atoms with Gasteiger partial charge in [0, 0.05) is 19.7 Å². The quantitative estimate of drug-likeness (QED) is 0.519. The van der Waals surface area contributed by atoms with E-state index in [2.05, 4.69) is 0 Å². The van der Waals surface area contributed by atoms with Gasteiger partial charge in [-0.25, -0.2) is 4.79 Å². The van der Waals surface area contributed by atoms with Crippen LogP contribution in [0.2, 0.25) is 0 Å². The van der Waals surface area contributed by atoms with Crippen molar-refractivity contribution < 1.29 is 28.7 Å². The summed E-state index contributed by atoms with van der Waals surface area (Å²) in [6.07, 6.45) is 1.58. The van der Waals surface area contributed by atoms with Crippen LogP contribution in [0.5, 0.6) is 0 Å². The minimum atomic E-state index is -0.707. The maximum Gasteiger partial charge on any atom is 0.338 e. The van der Waals surface area contributed by atoms with Crippen LogP contribution in [0.4, 0.5) is 0 Å². The Balaban J connectivity index is 1.68. The van der Waals surface area contributed by atoms with Gasteiger partial charge in [0.15, 0.2) is 6.61 Å². The average Bonchev–Trinajstić information content (AvgIpc) is 3.30. The van der Waals surface area contributed by atoms with Gasteiger partial charge < -0.3 is 14.4 Å². The van der Waals surface area contributed by atoms with Crippen molar-refractivity contribution in [3.63, 3.8) is 0 Å². The van der Waals surface area contributed by atoms with E-state index < -0.39 is 11.9 Å². The number of hydrogen-bond acceptors (Lipinski definition) is 6. The molecule has 0 spiro atoms. The van der Waals surface area contributed by atoms with Gasteiger partial charge in [0.05, 0.1) is 29.3 Å². The lowest BCUT2D eigenvalue weighted by molar-refractivity contribution is -0.134. The van der Waals surface area contributed by atoms with Gasteiger partial charge >= 0.3 is 5.97 Å². The van der Waals surface area contributed by atoms with Crippen LogP contribution in [0.1, 0.15) is 57.8 Å². The number of benzene rings is 1. The SMILES string of the molecule is CCN(CC)C(=O)COC(=O)c1ccc2c(c1)C(=O)N(CC1CCCO1)C2=O. The Morgan fingerprint density at radius 1 is 1.18 bits per heavy atom. The van der Waals surface area contributed by atoms with Gasteiger partial charge in [0.1, 0.15) is 0 Å². The van der Waals surface area contributed by atoms with Gasteiger partial charge in [-0.05, 0) is 44.9 Å². The second kappa shape index (κ2) is 8.52. The molecular formula is C20H24N2O6. The molecule has 150 valence electrons. The predicted octanol–water partition coefficient (Wildman–Crippen LogP) is 1.49. The zero-order chi connectivity index (χ0) is 20.3. The molecule has 0 radical (unpaired) electrons. The van der Waals surface area contributed by atoms with Crippen LogP contribution in [0.3, 0.4) is 0 Å². The number of rotatable bonds is 7. The average molecular weight is 388 g/mol. The number of carbonyl (C=O) groups is 4. The fraction of sp³-hybridized carbons (Fsp3) is 0.500. The number of nitrogens with zero attached hydrogens (tertiary/aromatic N) is 2. The first-order valence-electron chi connectivity index (χ1n) is 9.53. The summed E-state index contributed by atoms with van der Waals surface area (Å²) in [5.41, 5.74) is 0.567.